The second-order valence-corrected chi connectivity index (χ2v) is 14.2. The highest BCUT2D eigenvalue weighted by Crippen LogP contribution is 2.34. The largest absolute Gasteiger partial charge is 0.496 e. The van der Waals surface area contributed by atoms with E-state index < -0.39 is 34.3 Å². The first-order chi connectivity index (χ1) is 22.3. The number of benzene rings is 2. The standard InChI is InChI=1S/C32H38N6O6S2/c1-3-43-31(39)26(18-22-17-21-11-13-34-29(33)24(21)19-27(22)42-2)38-16-12-25(30(38)44-23-9-5-4-6-10-23)36-46(40,41)28-20-35-32(45-28)37-14-7-8-15-37/h4-6,9-11,13,17,19-20,25-26,30,36H,3,7-8,12,14-16,18H2,1-2H3,(H2,33,34)/t25?,26-,30+/m1/s1. The van der Waals surface area contributed by atoms with Crippen molar-refractivity contribution in [2.45, 2.75) is 55.1 Å². The van der Waals surface area contributed by atoms with Crippen molar-refractivity contribution in [3.63, 3.8) is 0 Å². The molecule has 2 aliphatic heterocycles. The van der Waals surface area contributed by atoms with E-state index in [-0.39, 0.29) is 17.2 Å². The van der Waals surface area contributed by atoms with Crippen LogP contribution >= 0.6 is 11.3 Å². The van der Waals surface area contributed by atoms with E-state index in [9.17, 15) is 13.2 Å². The number of esters is 1. The van der Waals surface area contributed by atoms with Crippen LogP contribution in [0.1, 0.15) is 31.7 Å². The minimum Gasteiger partial charge on any atom is -0.496 e. The predicted octanol–water partition coefficient (Wildman–Crippen LogP) is 3.81. The highest BCUT2D eigenvalue weighted by molar-refractivity contribution is 7.91. The number of hydrogen-bond donors (Lipinski definition) is 2. The van der Waals surface area contributed by atoms with E-state index in [4.69, 9.17) is 19.9 Å². The number of likely N-dealkylation sites (tertiary alicyclic amines) is 1. The number of carbonyl (C=O) groups is 1. The Bertz CT molecular complexity index is 1780. The third kappa shape index (κ3) is 6.75. The summed E-state index contributed by atoms with van der Waals surface area (Å²) in [6, 6.07) is 13.3. The molecule has 2 aromatic heterocycles. The van der Waals surface area contributed by atoms with Gasteiger partial charge in [0, 0.05) is 37.6 Å². The summed E-state index contributed by atoms with van der Waals surface area (Å²) in [6.45, 7) is 4.05. The first-order valence-electron chi connectivity index (χ1n) is 15.4. The van der Waals surface area contributed by atoms with Crippen LogP contribution in [0.3, 0.4) is 0 Å². The summed E-state index contributed by atoms with van der Waals surface area (Å²) in [6.07, 6.45) is 4.99. The van der Waals surface area contributed by atoms with Crippen LogP contribution in [0, 0.1) is 0 Å². The molecule has 2 aromatic carbocycles. The van der Waals surface area contributed by atoms with E-state index >= 15 is 0 Å². The van der Waals surface area contributed by atoms with Gasteiger partial charge in [-0.1, -0.05) is 29.5 Å². The van der Waals surface area contributed by atoms with E-state index in [0.29, 0.717) is 35.4 Å². The molecule has 2 aliphatic rings. The number of para-hydroxylation sites is 1. The number of nitrogen functional groups attached to an aromatic ring is 1. The highest BCUT2D eigenvalue weighted by Gasteiger charge is 2.45. The monoisotopic (exact) mass is 666 g/mol. The lowest BCUT2D eigenvalue weighted by atomic mass is 10.00. The minimum absolute atomic E-state index is 0.142. The number of hydrogen-bond acceptors (Lipinski definition) is 12. The summed E-state index contributed by atoms with van der Waals surface area (Å²) in [5.41, 5.74) is 6.89. The zero-order chi connectivity index (χ0) is 32.3. The number of nitrogens with two attached hydrogens (primary N) is 1. The van der Waals surface area contributed by atoms with Crippen LogP contribution in [-0.2, 0) is 26.0 Å². The Morgan fingerprint density at radius 2 is 1.91 bits per heavy atom. The van der Waals surface area contributed by atoms with Gasteiger partial charge in [0.15, 0.2) is 15.6 Å². The summed E-state index contributed by atoms with van der Waals surface area (Å²) in [5, 5.41) is 2.30. The lowest BCUT2D eigenvalue weighted by molar-refractivity contribution is -0.152. The summed E-state index contributed by atoms with van der Waals surface area (Å²) in [4.78, 5) is 26.2. The molecule has 14 heteroatoms. The molecule has 0 aliphatic carbocycles. The fraction of sp³-hybridized carbons (Fsp3) is 0.406. The SMILES string of the molecule is CCOC(=O)[C@@H](Cc1cc2ccnc(N)c2cc1OC)N1CCC(NS(=O)(=O)c2cnc(N3CCCC3)s2)[C@@H]1Oc1ccccc1. The highest BCUT2D eigenvalue weighted by atomic mass is 32.2. The normalized spacial score (nSPS) is 19.4. The average Bonchev–Trinajstić information content (AvgIpc) is 3.83. The topological polar surface area (TPSA) is 149 Å². The second kappa shape index (κ2) is 13.8. The van der Waals surface area contributed by atoms with Gasteiger partial charge in [0.1, 0.15) is 23.4 Å². The Hall–Kier alpha value is -3.98. The van der Waals surface area contributed by atoms with Gasteiger partial charge in [-0.05, 0) is 67.5 Å². The maximum atomic E-state index is 13.7. The minimum atomic E-state index is -3.94. The smallest absolute Gasteiger partial charge is 0.323 e. The summed E-state index contributed by atoms with van der Waals surface area (Å²) in [7, 11) is -2.37. The van der Waals surface area contributed by atoms with Crippen molar-refractivity contribution < 1.29 is 27.4 Å². The van der Waals surface area contributed by atoms with Crippen molar-refractivity contribution in [3.8, 4) is 11.5 Å². The first-order valence-corrected chi connectivity index (χ1v) is 17.7. The Balaban J connectivity index is 1.32. The van der Waals surface area contributed by atoms with Gasteiger partial charge in [-0.25, -0.2) is 23.1 Å². The molecule has 12 nitrogen and oxygen atoms in total. The van der Waals surface area contributed by atoms with E-state index in [1.165, 1.54) is 6.20 Å². The summed E-state index contributed by atoms with van der Waals surface area (Å²) < 4.78 is 48.2. The third-order valence-electron chi connectivity index (χ3n) is 8.36. The molecule has 0 amide bonds. The Morgan fingerprint density at radius 3 is 2.65 bits per heavy atom. The predicted molar refractivity (Wildman–Crippen MR) is 177 cm³/mol. The molecule has 3 atom stereocenters. The van der Waals surface area contributed by atoms with E-state index in [0.717, 1.165) is 53.6 Å². The molecule has 0 spiro atoms. The Morgan fingerprint density at radius 1 is 1.13 bits per heavy atom. The van der Waals surface area contributed by atoms with Gasteiger partial charge in [-0.3, -0.25) is 9.69 Å². The van der Waals surface area contributed by atoms with Crippen LogP contribution in [0.2, 0.25) is 0 Å². The number of aromatic nitrogens is 2. The van der Waals surface area contributed by atoms with E-state index in [1.54, 1.807) is 32.4 Å². The molecule has 4 aromatic rings. The number of fused-ring (bicyclic) bond motifs is 1. The molecule has 3 N–H and O–H groups in total. The fourth-order valence-electron chi connectivity index (χ4n) is 6.12. The van der Waals surface area contributed by atoms with Crippen LogP contribution in [0.25, 0.3) is 10.8 Å². The number of ether oxygens (including phenoxy) is 3. The number of rotatable bonds is 12. The van der Waals surface area contributed by atoms with Crippen LogP contribution in [-0.4, -0.2) is 80.9 Å². The van der Waals surface area contributed by atoms with Crippen LogP contribution < -0.4 is 24.8 Å². The van der Waals surface area contributed by atoms with Gasteiger partial charge in [0.25, 0.3) is 10.0 Å². The zero-order valence-corrected chi connectivity index (χ0v) is 27.4. The molecular weight excluding hydrogens is 629 g/mol. The number of nitrogens with zero attached hydrogens (tertiary/aromatic N) is 4. The van der Waals surface area contributed by atoms with Gasteiger partial charge >= 0.3 is 5.97 Å². The zero-order valence-electron chi connectivity index (χ0n) is 25.8. The lowest BCUT2D eigenvalue weighted by Gasteiger charge is -2.34. The number of nitrogens with one attached hydrogen (secondary N) is 1. The molecule has 0 bridgehead atoms. The van der Waals surface area contributed by atoms with Crippen molar-refractivity contribution in [3.05, 3.63) is 66.5 Å². The molecule has 0 radical (unpaired) electrons. The summed E-state index contributed by atoms with van der Waals surface area (Å²) >= 11 is 1.16. The number of carbonyl (C=O) groups excluding carboxylic acids is 1. The van der Waals surface area contributed by atoms with Gasteiger partial charge < -0.3 is 24.8 Å². The molecule has 6 rings (SSSR count). The van der Waals surface area contributed by atoms with Gasteiger partial charge in [-0.15, -0.1) is 0 Å². The molecule has 2 saturated heterocycles. The van der Waals surface area contributed by atoms with Crippen LogP contribution in [0.15, 0.2) is 65.1 Å². The molecule has 1 unspecified atom stereocenters. The number of sulfonamides is 1. The number of methoxy groups -OCH3 is 1. The van der Waals surface area contributed by atoms with Crippen molar-refractivity contribution in [2.24, 2.45) is 0 Å². The molecule has 2 fully saturated rings. The van der Waals surface area contributed by atoms with Crippen molar-refractivity contribution >= 4 is 49.1 Å². The number of pyridine rings is 1. The number of thiazole rings is 1. The summed E-state index contributed by atoms with van der Waals surface area (Å²) in [5.74, 6) is 1.04. The molecule has 0 saturated carbocycles. The molecule has 4 heterocycles. The van der Waals surface area contributed by atoms with Gasteiger partial charge in [0.05, 0.1) is 26.0 Å². The molecule has 46 heavy (non-hydrogen) atoms. The quantitative estimate of drug-likeness (QED) is 0.213. The van der Waals surface area contributed by atoms with Crippen LogP contribution in [0.4, 0.5) is 10.9 Å². The maximum absolute atomic E-state index is 13.7. The number of anilines is 2. The Kier molecular flexibility index (Phi) is 9.59. The fourth-order valence-corrected chi connectivity index (χ4v) is 8.57. The Labute approximate surface area is 272 Å². The van der Waals surface area contributed by atoms with Crippen molar-refractivity contribution in [1.82, 2.24) is 19.6 Å². The molecular formula is C32H38N6O6S2. The van der Waals surface area contributed by atoms with Gasteiger partial charge in [-0.2, -0.15) is 0 Å². The van der Waals surface area contributed by atoms with Gasteiger partial charge in [0.2, 0.25) is 0 Å². The maximum Gasteiger partial charge on any atom is 0.323 e. The van der Waals surface area contributed by atoms with Crippen molar-refractivity contribution in [1.29, 1.82) is 0 Å². The van der Waals surface area contributed by atoms with E-state index in [1.807, 2.05) is 41.3 Å². The molecule has 244 valence electrons. The average molecular weight is 667 g/mol. The van der Waals surface area contributed by atoms with Crippen molar-refractivity contribution in [2.75, 3.05) is 44.0 Å². The van der Waals surface area contributed by atoms with E-state index in [2.05, 4.69) is 19.6 Å². The lowest BCUT2D eigenvalue weighted by Crippen LogP contribution is -2.54. The van der Waals surface area contributed by atoms with Crippen LogP contribution in [0.5, 0.6) is 11.5 Å². The third-order valence-corrected chi connectivity index (χ3v) is 11.4. The second-order valence-electron chi connectivity index (χ2n) is 11.3. The first kappa shape index (κ1) is 32.0.